The topological polar surface area (TPSA) is 67.2 Å². The van der Waals surface area contributed by atoms with E-state index in [0.717, 1.165) is 34.8 Å². The SMILES string of the molecule is CC(C)(C)c1nc2cc(NC(=O)NCC3CSC3)ccc2o1. The number of aromatic nitrogens is 1. The number of carbonyl (C=O) groups is 1. The number of hydrogen-bond acceptors (Lipinski definition) is 4. The zero-order valence-electron chi connectivity index (χ0n) is 13.1. The highest BCUT2D eigenvalue weighted by molar-refractivity contribution is 8.00. The lowest BCUT2D eigenvalue weighted by Crippen LogP contribution is -2.37. The second-order valence-corrected chi connectivity index (χ2v) is 7.76. The quantitative estimate of drug-likeness (QED) is 0.907. The first-order valence-corrected chi connectivity index (χ1v) is 8.61. The fraction of sp³-hybridized carbons (Fsp3) is 0.500. The first-order chi connectivity index (χ1) is 10.4. The van der Waals surface area contributed by atoms with Gasteiger partial charge in [0.1, 0.15) is 5.52 Å². The van der Waals surface area contributed by atoms with E-state index >= 15 is 0 Å². The molecule has 118 valence electrons. The van der Waals surface area contributed by atoms with Crippen LogP contribution in [0, 0.1) is 5.92 Å². The second-order valence-electron chi connectivity index (χ2n) is 6.69. The van der Waals surface area contributed by atoms with Crippen molar-refractivity contribution in [3.8, 4) is 0 Å². The Bertz CT molecular complexity index is 686. The molecule has 0 bridgehead atoms. The number of nitrogens with one attached hydrogen (secondary N) is 2. The predicted octanol–water partition coefficient (Wildman–Crippen LogP) is 3.61. The number of urea groups is 1. The summed E-state index contributed by atoms with van der Waals surface area (Å²) in [4.78, 5) is 16.4. The minimum absolute atomic E-state index is 0.134. The Balaban J connectivity index is 1.67. The standard InChI is InChI=1S/C16H21N3O2S/c1-16(2,3)14-19-12-6-11(4-5-13(12)21-14)18-15(20)17-7-10-8-22-9-10/h4-6,10H,7-9H2,1-3H3,(H2,17,18,20). The van der Waals surface area contributed by atoms with E-state index in [4.69, 9.17) is 4.42 Å². The first-order valence-electron chi connectivity index (χ1n) is 7.45. The van der Waals surface area contributed by atoms with E-state index in [9.17, 15) is 4.79 Å². The zero-order chi connectivity index (χ0) is 15.7. The van der Waals surface area contributed by atoms with Gasteiger partial charge in [0.2, 0.25) is 5.89 Å². The smallest absolute Gasteiger partial charge is 0.319 e. The van der Waals surface area contributed by atoms with Gasteiger partial charge in [-0.3, -0.25) is 0 Å². The maximum atomic E-state index is 11.9. The van der Waals surface area contributed by atoms with Crippen molar-refractivity contribution in [2.75, 3.05) is 23.4 Å². The van der Waals surface area contributed by atoms with E-state index in [2.05, 4.69) is 36.4 Å². The van der Waals surface area contributed by atoms with Gasteiger partial charge in [-0.05, 0) is 35.6 Å². The Morgan fingerprint density at radius 2 is 2.18 bits per heavy atom. The Morgan fingerprint density at radius 3 is 2.82 bits per heavy atom. The summed E-state index contributed by atoms with van der Waals surface area (Å²) in [5.74, 6) is 3.59. The molecule has 1 aromatic carbocycles. The minimum atomic E-state index is -0.171. The number of benzene rings is 1. The molecule has 1 aliphatic rings. The summed E-state index contributed by atoms with van der Waals surface area (Å²) >= 11 is 1.92. The lowest BCUT2D eigenvalue weighted by Gasteiger charge is -2.24. The monoisotopic (exact) mass is 319 g/mol. The van der Waals surface area contributed by atoms with Crippen LogP contribution in [0.4, 0.5) is 10.5 Å². The summed E-state index contributed by atoms with van der Waals surface area (Å²) in [6, 6.07) is 5.34. The second kappa shape index (κ2) is 5.83. The molecule has 0 saturated carbocycles. The summed E-state index contributed by atoms with van der Waals surface area (Å²) < 4.78 is 5.75. The summed E-state index contributed by atoms with van der Waals surface area (Å²) in [5.41, 5.74) is 2.09. The number of thioether (sulfide) groups is 1. The third kappa shape index (κ3) is 3.38. The number of carbonyl (C=O) groups excluding carboxylic acids is 1. The van der Waals surface area contributed by atoms with Gasteiger partial charge in [0, 0.05) is 17.6 Å². The number of fused-ring (bicyclic) bond motifs is 1. The van der Waals surface area contributed by atoms with Crippen molar-refractivity contribution in [2.24, 2.45) is 5.92 Å². The summed E-state index contributed by atoms with van der Waals surface area (Å²) in [5, 5.41) is 5.75. The molecule has 1 fully saturated rings. The molecule has 1 saturated heterocycles. The molecule has 3 rings (SSSR count). The van der Waals surface area contributed by atoms with Crippen molar-refractivity contribution in [3.63, 3.8) is 0 Å². The summed E-state index contributed by atoms with van der Waals surface area (Å²) in [6.07, 6.45) is 0. The number of amides is 2. The fourth-order valence-electron chi connectivity index (χ4n) is 2.14. The van der Waals surface area contributed by atoms with Crippen molar-refractivity contribution in [2.45, 2.75) is 26.2 Å². The van der Waals surface area contributed by atoms with Crippen LogP contribution in [0.2, 0.25) is 0 Å². The normalized spacial score (nSPS) is 15.6. The number of nitrogens with zero attached hydrogens (tertiary/aromatic N) is 1. The van der Waals surface area contributed by atoms with Crippen LogP contribution in [0.25, 0.3) is 11.1 Å². The third-order valence-electron chi connectivity index (χ3n) is 3.55. The molecule has 5 nitrogen and oxygen atoms in total. The average molecular weight is 319 g/mol. The molecule has 2 aromatic rings. The van der Waals surface area contributed by atoms with E-state index in [1.165, 1.54) is 0 Å². The summed E-state index contributed by atoms with van der Waals surface area (Å²) in [6.45, 7) is 6.91. The van der Waals surface area contributed by atoms with Crippen LogP contribution in [0.3, 0.4) is 0 Å². The maximum Gasteiger partial charge on any atom is 0.319 e. The molecule has 2 N–H and O–H groups in total. The molecule has 0 atom stereocenters. The molecule has 0 spiro atoms. The van der Waals surface area contributed by atoms with Gasteiger partial charge in [-0.2, -0.15) is 11.8 Å². The zero-order valence-corrected chi connectivity index (χ0v) is 13.9. The van der Waals surface area contributed by atoms with Crippen molar-refractivity contribution in [3.05, 3.63) is 24.1 Å². The largest absolute Gasteiger partial charge is 0.440 e. The van der Waals surface area contributed by atoms with E-state index in [-0.39, 0.29) is 11.4 Å². The molecule has 1 aliphatic heterocycles. The lowest BCUT2D eigenvalue weighted by molar-refractivity contribution is 0.251. The van der Waals surface area contributed by atoms with Crippen LogP contribution in [-0.2, 0) is 5.41 Å². The Hall–Kier alpha value is -1.69. The average Bonchev–Trinajstić information content (AvgIpc) is 2.79. The number of hydrogen-bond donors (Lipinski definition) is 2. The van der Waals surface area contributed by atoms with Crippen LogP contribution in [0.5, 0.6) is 0 Å². The van der Waals surface area contributed by atoms with Crippen LogP contribution in [0.1, 0.15) is 26.7 Å². The maximum absolute atomic E-state index is 11.9. The highest BCUT2D eigenvalue weighted by atomic mass is 32.2. The molecule has 2 heterocycles. The molecular formula is C16H21N3O2S. The van der Waals surface area contributed by atoms with Gasteiger partial charge in [0.25, 0.3) is 0 Å². The van der Waals surface area contributed by atoms with E-state index < -0.39 is 0 Å². The van der Waals surface area contributed by atoms with Crippen molar-refractivity contribution >= 4 is 34.6 Å². The van der Waals surface area contributed by atoms with Gasteiger partial charge in [-0.25, -0.2) is 9.78 Å². The Labute approximate surface area is 134 Å². The number of oxazole rings is 1. The van der Waals surface area contributed by atoms with Crippen LogP contribution >= 0.6 is 11.8 Å². The van der Waals surface area contributed by atoms with Crippen molar-refractivity contribution in [1.29, 1.82) is 0 Å². The van der Waals surface area contributed by atoms with E-state index in [1.807, 2.05) is 30.0 Å². The molecule has 2 amide bonds. The van der Waals surface area contributed by atoms with Gasteiger partial charge in [0.05, 0.1) is 0 Å². The summed E-state index contributed by atoms with van der Waals surface area (Å²) in [7, 11) is 0. The highest BCUT2D eigenvalue weighted by Gasteiger charge is 2.21. The Morgan fingerprint density at radius 1 is 1.41 bits per heavy atom. The number of rotatable bonds is 3. The molecule has 6 heteroatoms. The van der Waals surface area contributed by atoms with Crippen molar-refractivity contribution in [1.82, 2.24) is 10.3 Å². The van der Waals surface area contributed by atoms with Gasteiger partial charge in [0.15, 0.2) is 5.58 Å². The molecule has 0 unspecified atom stereocenters. The van der Waals surface area contributed by atoms with Crippen molar-refractivity contribution < 1.29 is 9.21 Å². The first kappa shape index (κ1) is 15.2. The highest BCUT2D eigenvalue weighted by Crippen LogP contribution is 2.27. The van der Waals surface area contributed by atoms with E-state index in [0.29, 0.717) is 11.8 Å². The predicted molar refractivity (Wildman–Crippen MR) is 90.5 cm³/mol. The Kier molecular flexibility index (Phi) is 4.04. The van der Waals surface area contributed by atoms with Crippen LogP contribution in [0.15, 0.2) is 22.6 Å². The van der Waals surface area contributed by atoms with Gasteiger partial charge in [-0.15, -0.1) is 0 Å². The number of anilines is 1. The van der Waals surface area contributed by atoms with E-state index in [1.54, 1.807) is 0 Å². The minimum Gasteiger partial charge on any atom is -0.440 e. The molecule has 0 aliphatic carbocycles. The lowest BCUT2D eigenvalue weighted by atomic mass is 9.97. The van der Waals surface area contributed by atoms with Crippen LogP contribution in [-0.4, -0.2) is 29.1 Å². The molecule has 0 radical (unpaired) electrons. The molecule has 1 aromatic heterocycles. The fourth-order valence-corrected chi connectivity index (χ4v) is 2.95. The third-order valence-corrected chi connectivity index (χ3v) is 4.96. The van der Waals surface area contributed by atoms with Gasteiger partial charge < -0.3 is 15.1 Å². The van der Waals surface area contributed by atoms with Gasteiger partial charge in [-0.1, -0.05) is 20.8 Å². The van der Waals surface area contributed by atoms with Crippen LogP contribution < -0.4 is 10.6 Å². The molecule has 22 heavy (non-hydrogen) atoms. The van der Waals surface area contributed by atoms with Gasteiger partial charge >= 0.3 is 6.03 Å². The molecular weight excluding hydrogens is 298 g/mol.